The molecule has 14 heavy (non-hydrogen) atoms. The molecule has 0 aromatic carbocycles. The Morgan fingerprint density at radius 2 is 1.43 bits per heavy atom. The van der Waals surface area contributed by atoms with Crippen molar-refractivity contribution in [3.05, 3.63) is 0 Å². The minimum Gasteiger partial charge on any atom is -0.383 e. The fraction of sp³-hybridized carbons (Fsp3) is 1.00. The van der Waals surface area contributed by atoms with Crippen LogP contribution in [0.5, 0.6) is 0 Å². The molecule has 0 aliphatic carbocycles. The number of methoxy groups -OCH3 is 1. The Balaban J connectivity index is 0. The van der Waals surface area contributed by atoms with Gasteiger partial charge in [-0.15, -0.1) is 0 Å². The van der Waals surface area contributed by atoms with Gasteiger partial charge in [0.05, 0.1) is 6.61 Å². The van der Waals surface area contributed by atoms with Gasteiger partial charge in [0.15, 0.2) is 0 Å². The summed E-state index contributed by atoms with van der Waals surface area (Å²) in [6, 6.07) is 0. The summed E-state index contributed by atoms with van der Waals surface area (Å²) in [7, 11) is 6.01. The fourth-order valence-corrected chi connectivity index (χ4v) is 0.858. The van der Waals surface area contributed by atoms with Crippen LogP contribution in [0, 0.1) is 0 Å². The van der Waals surface area contributed by atoms with E-state index in [1.807, 2.05) is 13.8 Å². The van der Waals surface area contributed by atoms with Crippen LogP contribution in [0.4, 0.5) is 0 Å². The Bertz CT molecular complexity index is 99.3. The summed E-state index contributed by atoms with van der Waals surface area (Å²) >= 11 is 0. The molecule has 0 fully saturated rings. The van der Waals surface area contributed by atoms with Crippen LogP contribution in [0.3, 0.4) is 0 Å². The predicted octanol–water partition coefficient (Wildman–Crippen LogP) is 1.54. The van der Waals surface area contributed by atoms with E-state index in [-0.39, 0.29) is 0 Å². The molecule has 0 rings (SSSR count). The molecule has 0 heterocycles. The van der Waals surface area contributed by atoms with Gasteiger partial charge in [0.25, 0.3) is 0 Å². The SMILES string of the molecule is CC.CCN(C)CCN(C)CCOC. The van der Waals surface area contributed by atoms with Crippen molar-refractivity contribution >= 4 is 0 Å². The van der Waals surface area contributed by atoms with Gasteiger partial charge in [-0.25, -0.2) is 0 Å². The van der Waals surface area contributed by atoms with Crippen molar-refractivity contribution < 1.29 is 4.74 Å². The van der Waals surface area contributed by atoms with Crippen molar-refractivity contribution in [3.63, 3.8) is 0 Å². The summed E-state index contributed by atoms with van der Waals surface area (Å²) in [5.74, 6) is 0. The summed E-state index contributed by atoms with van der Waals surface area (Å²) in [6.07, 6.45) is 0. The van der Waals surface area contributed by atoms with Gasteiger partial charge in [-0.1, -0.05) is 20.8 Å². The fourth-order valence-electron chi connectivity index (χ4n) is 0.858. The highest BCUT2D eigenvalue weighted by Crippen LogP contribution is 1.85. The number of hydrogen-bond donors (Lipinski definition) is 0. The van der Waals surface area contributed by atoms with Crippen LogP contribution in [-0.4, -0.2) is 63.8 Å². The van der Waals surface area contributed by atoms with Gasteiger partial charge in [-0.2, -0.15) is 0 Å². The molecule has 0 aliphatic heterocycles. The van der Waals surface area contributed by atoms with Crippen LogP contribution in [0.2, 0.25) is 0 Å². The Kier molecular flexibility index (Phi) is 15.0. The van der Waals surface area contributed by atoms with E-state index in [0.717, 1.165) is 32.8 Å². The van der Waals surface area contributed by atoms with Crippen LogP contribution in [-0.2, 0) is 4.74 Å². The zero-order valence-corrected chi connectivity index (χ0v) is 10.8. The average Bonchev–Trinajstić information content (AvgIpc) is 2.25. The normalized spacial score (nSPS) is 10.3. The van der Waals surface area contributed by atoms with Crippen LogP contribution >= 0.6 is 0 Å². The van der Waals surface area contributed by atoms with E-state index in [9.17, 15) is 0 Å². The second-order valence-corrected chi connectivity index (χ2v) is 3.19. The average molecular weight is 204 g/mol. The molecule has 0 bridgehead atoms. The van der Waals surface area contributed by atoms with Crippen molar-refractivity contribution in [2.75, 3.05) is 54.0 Å². The van der Waals surface area contributed by atoms with E-state index in [2.05, 4.69) is 30.8 Å². The first-order valence-corrected chi connectivity index (χ1v) is 5.56. The van der Waals surface area contributed by atoms with Gasteiger partial charge < -0.3 is 14.5 Å². The van der Waals surface area contributed by atoms with Crippen LogP contribution < -0.4 is 0 Å². The lowest BCUT2D eigenvalue weighted by Crippen LogP contribution is -2.32. The molecule has 0 saturated heterocycles. The molecule has 3 nitrogen and oxygen atoms in total. The molecule has 0 aromatic rings. The number of nitrogens with zero attached hydrogens (tertiary/aromatic N) is 2. The number of hydrogen-bond acceptors (Lipinski definition) is 3. The van der Waals surface area contributed by atoms with Crippen molar-refractivity contribution in [2.24, 2.45) is 0 Å². The van der Waals surface area contributed by atoms with Crippen LogP contribution in [0.25, 0.3) is 0 Å². The van der Waals surface area contributed by atoms with Crippen molar-refractivity contribution in [3.8, 4) is 0 Å². The third kappa shape index (κ3) is 11.9. The number of ether oxygens (including phenoxy) is 1. The van der Waals surface area contributed by atoms with Gasteiger partial charge in [0.2, 0.25) is 0 Å². The summed E-state index contributed by atoms with van der Waals surface area (Å²) in [5, 5.41) is 0. The Hall–Kier alpha value is -0.120. The molecule has 0 aromatic heterocycles. The smallest absolute Gasteiger partial charge is 0.0589 e. The molecular weight excluding hydrogens is 176 g/mol. The monoisotopic (exact) mass is 204 g/mol. The lowest BCUT2D eigenvalue weighted by Gasteiger charge is -2.20. The number of rotatable bonds is 7. The van der Waals surface area contributed by atoms with Crippen molar-refractivity contribution in [2.45, 2.75) is 20.8 Å². The van der Waals surface area contributed by atoms with Gasteiger partial charge in [-0.3, -0.25) is 0 Å². The third-order valence-corrected chi connectivity index (χ3v) is 2.08. The Morgan fingerprint density at radius 3 is 1.86 bits per heavy atom. The molecule has 0 radical (unpaired) electrons. The first-order valence-electron chi connectivity index (χ1n) is 5.56. The largest absolute Gasteiger partial charge is 0.383 e. The molecule has 88 valence electrons. The molecule has 0 aliphatic rings. The van der Waals surface area contributed by atoms with E-state index in [4.69, 9.17) is 4.74 Å². The van der Waals surface area contributed by atoms with E-state index < -0.39 is 0 Å². The summed E-state index contributed by atoms with van der Waals surface area (Å²) in [4.78, 5) is 4.60. The molecule has 0 N–H and O–H groups in total. The molecule has 0 atom stereocenters. The van der Waals surface area contributed by atoms with E-state index in [1.54, 1.807) is 7.11 Å². The van der Waals surface area contributed by atoms with Crippen molar-refractivity contribution in [1.82, 2.24) is 9.80 Å². The quantitative estimate of drug-likeness (QED) is 0.626. The molecular formula is C11H28N2O. The minimum absolute atomic E-state index is 0.826. The van der Waals surface area contributed by atoms with E-state index in [1.165, 1.54) is 0 Å². The van der Waals surface area contributed by atoms with Gasteiger partial charge in [0, 0.05) is 26.7 Å². The second kappa shape index (κ2) is 12.9. The Labute approximate surface area is 90.0 Å². The molecule has 3 heteroatoms. The Morgan fingerprint density at radius 1 is 0.929 bits per heavy atom. The maximum absolute atomic E-state index is 4.99. The highest BCUT2D eigenvalue weighted by Gasteiger charge is 1.99. The lowest BCUT2D eigenvalue weighted by molar-refractivity contribution is 0.155. The van der Waals surface area contributed by atoms with Crippen LogP contribution in [0.1, 0.15) is 20.8 Å². The first-order chi connectivity index (χ1) is 6.70. The molecule has 0 spiro atoms. The minimum atomic E-state index is 0.826. The molecule has 0 saturated carbocycles. The predicted molar refractivity (Wildman–Crippen MR) is 63.9 cm³/mol. The van der Waals surface area contributed by atoms with Crippen LogP contribution in [0.15, 0.2) is 0 Å². The van der Waals surface area contributed by atoms with Crippen molar-refractivity contribution in [1.29, 1.82) is 0 Å². The summed E-state index contributed by atoms with van der Waals surface area (Å²) < 4.78 is 4.99. The first kappa shape index (κ1) is 16.3. The molecule has 0 amide bonds. The highest BCUT2D eigenvalue weighted by atomic mass is 16.5. The second-order valence-electron chi connectivity index (χ2n) is 3.19. The summed E-state index contributed by atoms with van der Waals surface area (Å²) in [5.41, 5.74) is 0. The zero-order chi connectivity index (χ0) is 11.4. The van der Waals surface area contributed by atoms with E-state index in [0.29, 0.717) is 0 Å². The van der Waals surface area contributed by atoms with Gasteiger partial charge >= 0.3 is 0 Å². The van der Waals surface area contributed by atoms with Gasteiger partial charge in [-0.05, 0) is 20.6 Å². The molecule has 0 unspecified atom stereocenters. The summed E-state index contributed by atoms with van der Waals surface area (Å²) in [6.45, 7) is 11.4. The third-order valence-electron chi connectivity index (χ3n) is 2.08. The topological polar surface area (TPSA) is 15.7 Å². The standard InChI is InChI=1S/C9H22N2O.C2H6/c1-5-10(2)6-7-11(3)8-9-12-4;1-2/h5-9H2,1-4H3;1-2H3. The highest BCUT2D eigenvalue weighted by molar-refractivity contribution is 4.54. The maximum atomic E-state index is 4.99. The number of likely N-dealkylation sites (N-methyl/N-ethyl adjacent to an activating group) is 2. The lowest BCUT2D eigenvalue weighted by atomic mass is 10.4. The van der Waals surface area contributed by atoms with E-state index >= 15 is 0 Å². The van der Waals surface area contributed by atoms with Gasteiger partial charge in [0.1, 0.15) is 0 Å². The zero-order valence-electron chi connectivity index (χ0n) is 10.8. The maximum Gasteiger partial charge on any atom is 0.0589 e.